The van der Waals surface area contributed by atoms with Crippen molar-refractivity contribution in [1.82, 2.24) is 4.98 Å². The lowest BCUT2D eigenvalue weighted by Gasteiger charge is -2.14. The molecule has 2 aromatic rings. The molecule has 6 heteroatoms. The van der Waals surface area contributed by atoms with Crippen molar-refractivity contribution in [3.05, 3.63) is 40.9 Å². The molecule has 1 fully saturated rings. The number of anilines is 1. The molecule has 1 saturated carbocycles. The van der Waals surface area contributed by atoms with Crippen LogP contribution in [0.2, 0.25) is 0 Å². The van der Waals surface area contributed by atoms with Crippen LogP contribution in [0.4, 0.5) is 5.13 Å². The molecule has 1 atom stereocenters. The number of nitrogens with one attached hydrogen (secondary N) is 1. The molecule has 3 rings (SSSR count). The molecule has 0 unspecified atom stereocenters. The Labute approximate surface area is 132 Å². The van der Waals surface area contributed by atoms with Crippen LogP contribution in [-0.2, 0) is 4.79 Å². The number of nitrogens with zero attached hydrogens (tertiary/aromatic N) is 2. The molecule has 0 bridgehead atoms. The van der Waals surface area contributed by atoms with Crippen molar-refractivity contribution in [2.75, 3.05) is 5.32 Å². The third-order valence-electron chi connectivity index (χ3n) is 3.43. The SMILES string of the molecule is C[C@H](Oc1ccccc1C#N)C(=O)Nc1nc(C2CC2)cs1. The van der Waals surface area contributed by atoms with Crippen molar-refractivity contribution >= 4 is 22.4 Å². The van der Waals surface area contributed by atoms with Crippen molar-refractivity contribution in [1.29, 1.82) is 5.26 Å². The van der Waals surface area contributed by atoms with E-state index in [-0.39, 0.29) is 5.91 Å². The average Bonchev–Trinajstić information content (AvgIpc) is 3.28. The van der Waals surface area contributed by atoms with Crippen LogP contribution in [0.25, 0.3) is 0 Å². The highest BCUT2D eigenvalue weighted by atomic mass is 32.1. The maximum atomic E-state index is 12.2. The highest BCUT2D eigenvalue weighted by molar-refractivity contribution is 7.13. The maximum Gasteiger partial charge on any atom is 0.266 e. The van der Waals surface area contributed by atoms with Crippen LogP contribution in [0.5, 0.6) is 5.75 Å². The van der Waals surface area contributed by atoms with Gasteiger partial charge in [-0.3, -0.25) is 10.1 Å². The summed E-state index contributed by atoms with van der Waals surface area (Å²) in [6, 6.07) is 8.90. The Morgan fingerprint density at radius 1 is 1.50 bits per heavy atom. The number of amides is 1. The number of carbonyl (C=O) groups is 1. The van der Waals surface area contributed by atoms with Crippen molar-refractivity contribution in [2.45, 2.75) is 31.8 Å². The summed E-state index contributed by atoms with van der Waals surface area (Å²) in [7, 11) is 0. The molecule has 0 saturated heterocycles. The predicted octanol–water partition coefficient (Wildman–Crippen LogP) is 3.30. The number of carbonyl (C=O) groups excluding carboxylic acids is 1. The highest BCUT2D eigenvalue weighted by Crippen LogP contribution is 2.40. The standard InChI is InChI=1S/C16H15N3O2S/c1-10(21-14-5-3-2-4-12(14)8-17)15(20)19-16-18-13(9-22-16)11-6-7-11/h2-5,9-11H,6-7H2,1H3,(H,18,19,20)/t10-/m0/s1. The van der Waals surface area contributed by atoms with Crippen molar-refractivity contribution in [3.8, 4) is 11.8 Å². The second kappa shape index (κ2) is 6.16. The molecular formula is C16H15N3O2S. The Morgan fingerprint density at radius 3 is 3.00 bits per heavy atom. The van der Waals surface area contributed by atoms with E-state index in [0.29, 0.717) is 22.4 Å². The van der Waals surface area contributed by atoms with Crippen LogP contribution >= 0.6 is 11.3 Å². The Bertz CT molecular complexity index is 731. The molecule has 1 aliphatic carbocycles. The van der Waals surface area contributed by atoms with Gasteiger partial charge in [0.1, 0.15) is 11.8 Å². The quantitative estimate of drug-likeness (QED) is 0.919. The number of para-hydroxylation sites is 1. The summed E-state index contributed by atoms with van der Waals surface area (Å²) in [5.74, 6) is 0.702. The highest BCUT2D eigenvalue weighted by Gasteiger charge is 2.26. The number of hydrogen-bond acceptors (Lipinski definition) is 5. The fraction of sp³-hybridized carbons (Fsp3) is 0.312. The number of benzene rings is 1. The van der Waals surface area contributed by atoms with Gasteiger partial charge in [-0.2, -0.15) is 5.26 Å². The molecule has 0 radical (unpaired) electrons. The summed E-state index contributed by atoms with van der Waals surface area (Å²) in [5, 5.41) is 14.4. The molecular weight excluding hydrogens is 298 g/mol. The van der Waals surface area contributed by atoms with Gasteiger partial charge in [0.05, 0.1) is 11.3 Å². The van der Waals surface area contributed by atoms with Crippen LogP contribution in [0.15, 0.2) is 29.6 Å². The van der Waals surface area contributed by atoms with Gasteiger partial charge in [0.2, 0.25) is 0 Å². The summed E-state index contributed by atoms with van der Waals surface area (Å²) in [6.45, 7) is 1.65. The molecule has 5 nitrogen and oxygen atoms in total. The van der Waals surface area contributed by atoms with E-state index in [1.54, 1.807) is 31.2 Å². The smallest absolute Gasteiger partial charge is 0.266 e. The molecule has 0 spiro atoms. The van der Waals surface area contributed by atoms with E-state index in [2.05, 4.69) is 10.3 Å². The van der Waals surface area contributed by atoms with Gasteiger partial charge in [-0.25, -0.2) is 4.98 Å². The average molecular weight is 313 g/mol. The first-order valence-corrected chi connectivity index (χ1v) is 7.97. The number of ether oxygens (including phenoxy) is 1. The van der Waals surface area contributed by atoms with Gasteiger partial charge in [-0.05, 0) is 31.9 Å². The summed E-state index contributed by atoms with van der Waals surface area (Å²) >= 11 is 1.43. The Balaban J connectivity index is 1.62. The first-order chi connectivity index (χ1) is 10.7. The predicted molar refractivity (Wildman–Crippen MR) is 84.0 cm³/mol. The van der Waals surface area contributed by atoms with Crippen LogP contribution in [-0.4, -0.2) is 17.0 Å². The van der Waals surface area contributed by atoms with E-state index in [4.69, 9.17) is 10.00 Å². The second-order valence-corrected chi connectivity index (χ2v) is 6.07. The number of thiazole rings is 1. The largest absolute Gasteiger partial charge is 0.480 e. The molecule has 1 aliphatic rings. The summed E-state index contributed by atoms with van der Waals surface area (Å²) in [4.78, 5) is 16.6. The fourth-order valence-corrected chi connectivity index (χ4v) is 2.82. The van der Waals surface area contributed by atoms with Crippen LogP contribution < -0.4 is 10.1 Å². The Hall–Kier alpha value is -2.39. The first-order valence-electron chi connectivity index (χ1n) is 7.09. The van der Waals surface area contributed by atoms with Gasteiger partial charge in [-0.1, -0.05) is 12.1 Å². The van der Waals surface area contributed by atoms with Gasteiger partial charge >= 0.3 is 0 Å². The summed E-state index contributed by atoms with van der Waals surface area (Å²) < 4.78 is 5.58. The lowest BCUT2D eigenvalue weighted by atomic mass is 10.2. The van der Waals surface area contributed by atoms with E-state index >= 15 is 0 Å². The minimum Gasteiger partial charge on any atom is -0.480 e. The summed E-state index contributed by atoms with van der Waals surface area (Å²) in [5.41, 5.74) is 1.47. The van der Waals surface area contributed by atoms with Gasteiger partial charge in [0.25, 0.3) is 5.91 Å². The van der Waals surface area contributed by atoms with Gasteiger partial charge in [0.15, 0.2) is 11.2 Å². The van der Waals surface area contributed by atoms with Crippen molar-refractivity contribution in [3.63, 3.8) is 0 Å². The van der Waals surface area contributed by atoms with Gasteiger partial charge in [-0.15, -0.1) is 11.3 Å². The maximum absolute atomic E-state index is 12.2. The number of rotatable bonds is 5. The molecule has 1 aromatic carbocycles. The monoisotopic (exact) mass is 313 g/mol. The number of aromatic nitrogens is 1. The van der Waals surface area contributed by atoms with Crippen LogP contribution in [0, 0.1) is 11.3 Å². The lowest BCUT2D eigenvalue weighted by Crippen LogP contribution is -2.30. The zero-order valence-corrected chi connectivity index (χ0v) is 12.9. The van der Waals surface area contributed by atoms with Gasteiger partial charge < -0.3 is 4.74 Å². The topological polar surface area (TPSA) is 75.0 Å². The minimum absolute atomic E-state index is 0.274. The second-order valence-electron chi connectivity index (χ2n) is 5.21. The summed E-state index contributed by atoms with van der Waals surface area (Å²) in [6.07, 6.45) is 1.66. The third kappa shape index (κ3) is 3.26. The zero-order chi connectivity index (χ0) is 15.5. The molecule has 112 valence electrons. The van der Waals surface area contributed by atoms with Crippen LogP contribution in [0.3, 0.4) is 0 Å². The van der Waals surface area contributed by atoms with E-state index in [0.717, 1.165) is 5.69 Å². The normalized spacial score (nSPS) is 14.9. The molecule has 1 amide bonds. The van der Waals surface area contributed by atoms with E-state index in [1.165, 1.54) is 24.2 Å². The first kappa shape index (κ1) is 14.5. The van der Waals surface area contributed by atoms with E-state index < -0.39 is 6.10 Å². The van der Waals surface area contributed by atoms with Crippen molar-refractivity contribution in [2.24, 2.45) is 0 Å². The number of nitriles is 1. The Kier molecular flexibility index (Phi) is 4.07. The fourth-order valence-electron chi connectivity index (χ4n) is 2.02. The zero-order valence-electron chi connectivity index (χ0n) is 12.1. The van der Waals surface area contributed by atoms with Crippen LogP contribution in [0.1, 0.15) is 36.9 Å². The molecule has 1 aromatic heterocycles. The molecule has 22 heavy (non-hydrogen) atoms. The molecule has 1 heterocycles. The number of hydrogen-bond donors (Lipinski definition) is 1. The van der Waals surface area contributed by atoms with Gasteiger partial charge in [0, 0.05) is 11.3 Å². The van der Waals surface area contributed by atoms with E-state index in [1.807, 2.05) is 11.4 Å². The van der Waals surface area contributed by atoms with Crippen molar-refractivity contribution < 1.29 is 9.53 Å². The molecule has 0 aliphatic heterocycles. The lowest BCUT2D eigenvalue weighted by molar-refractivity contribution is -0.122. The molecule has 1 N–H and O–H groups in total. The van der Waals surface area contributed by atoms with E-state index in [9.17, 15) is 4.79 Å². The third-order valence-corrected chi connectivity index (χ3v) is 4.20. The minimum atomic E-state index is -0.706. The Morgan fingerprint density at radius 2 is 2.27 bits per heavy atom.